The maximum atomic E-state index is 5.55. The van der Waals surface area contributed by atoms with Crippen molar-refractivity contribution < 1.29 is 14.2 Å². The molecule has 0 radical (unpaired) electrons. The molecule has 190 valence electrons. The van der Waals surface area contributed by atoms with Crippen molar-refractivity contribution in [3.63, 3.8) is 0 Å². The number of ether oxygens (including phenoxy) is 3. The number of rotatable bonds is 9. The molecule has 6 nitrogen and oxygen atoms in total. The highest BCUT2D eigenvalue weighted by molar-refractivity contribution is 5.52. The second-order valence-electron chi connectivity index (χ2n) is 9.53. The van der Waals surface area contributed by atoms with E-state index < -0.39 is 0 Å². The van der Waals surface area contributed by atoms with Crippen molar-refractivity contribution in [1.29, 1.82) is 0 Å². The molecule has 0 saturated carbocycles. The summed E-state index contributed by atoms with van der Waals surface area (Å²) in [6.45, 7) is 9.76. The Morgan fingerprint density at radius 1 is 0.722 bits per heavy atom. The molecule has 5 rings (SSSR count). The first-order chi connectivity index (χ1) is 17.8. The predicted octanol–water partition coefficient (Wildman–Crippen LogP) is 4.57. The van der Waals surface area contributed by atoms with Crippen molar-refractivity contribution in [2.24, 2.45) is 0 Å². The van der Waals surface area contributed by atoms with Crippen LogP contribution in [0, 0.1) is 0 Å². The van der Waals surface area contributed by atoms with Gasteiger partial charge in [-0.1, -0.05) is 36.4 Å². The third kappa shape index (κ3) is 6.58. The molecule has 3 aromatic rings. The summed E-state index contributed by atoms with van der Waals surface area (Å²) in [5, 5.41) is 0. The van der Waals surface area contributed by atoms with Gasteiger partial charge in [0.2, 0.25) is 0 Å². The normalized spacial score (nSPS) is 16.6. The summed E-state index contributed by atoms with van der Waals surface area (Å²) >= 11 is 0. The van der Waals surface area contributed by atoms with Crippen molar-refractivity contribution >= 4 is 11.4 Å². The Morgan fingerprint density at radius 2 is 1.36 bits per heavy atom. The minimum absolute atomic E-state index is 0.795. The van der Waals surface area contributed by atoms with E-state index in [4.69, 9.17) is 14.2 Å². The standard InChI is InChI=1S/C30H37N3O3/c1-34-30-7-3-5-27(21-30)24-33(23-26-4-2-6-29(20-26)32-14-18-36-19-15-32)28-10-8-25(9-11-28)22-31-12-16-35-17-13-31/h2-11,20-21H,12-19,22-24H2,1H3. The fourth-order valence-electron chi connectivity index (χ4n) is 4.95. The van der Waals surface area contributed by atoms with Crippen LogP contribution in [0.1, 0.15) is 16.7 Å². The lowest BCUT2D eigenvalue weighted by Gasteiger charge is -2.30. The minimum Gasteiger partial charge on any atom is -0.497 e. The van der Waals surface area contributed by atoms with Gasteiger partial charge in [-0.2, -0.15) is 0 Å². The largest absolute Gasteiger partial charge is 0.497 e. The van der Waals surface area contributed by atoms with E-state index in [1.54, 1.807) is 7.11 Å². The summed E-state index contributed by atoms with van der Waals surface area (Å²) in [7, 11) is 1.72. The van der Waals surface area contributed by atoms with Gasteiger partial charge in [-0.15, -0.1) is 0 Å². The summed E-state index contributed by atoms with van der Waals surface area (Å²) < 4.78 is 16.5. The minimum atomic E-state index is 0.795. The van der Waals surface area contributed by atoms with E-state index in [0.29, 0.717) is 0 Å². The molecule has 0 N–H and O–H groups in total. The molecule has 0 atom stereocenters. The molecule has 0 aromatic heterocycles. The van der Waals surface area contributed by atoms with E-state index in [0.717, 1.165) is 78.0 Å². The Kier molecular flexibility index (Phi) is 8.39. The molecule has 2 fully saturated rings. The van der Waals surface area contributed by atoms with E-state index in [-0.39, 0.29) is 0 Å². The van der Waals surface area contributed by atoms with Crippen molar-refractivity contribution in [3.8, 4) is 5.75 Å². The zero-order chi connectivity index (χ0) is 24.6. The van der Waals surface area contributed by atoms with Gasteiger partial charge >= 0.3 is 0 Å². The number of benzene rings is 3. The van der Waals surface area contributed by atoms with Crippen LogP contribution in [-0.2, 0) is 29.1 Å². The Bertz CT molecular complexity index is 1090. The van der Waals surface area contributed by atoms with Gasteiger partial charge in [-0.05, 0) is 53.1 Å². The van der Waals surface area contributed by atoms with Crippen molar-refractivity contribution in [3.05, 3.63) is 89.5 Å². The number of hydrogen-bond acceptors (Lipinski definition) is 6. The van der Waals surface area contributed by atoms with Crippen LogP contribution in [0.4, 0.5) is 11.4 Å². The van der Waals surface area contributed by atoms with E-state index in [9.17, 15) is 0 Å². The summed E-state index contributed by atoms with van der Waals surface area (Å²) in [6, 6.07) is 26.4. The fraction of sp³-hybridized carbons (Fsp3) is 0.400. The molecule has 36 heavy (non-hydrogen) atoms. The third-order valence-corrected chi connectivity index (χ3v) is 6.98. The lowest BCUT2D eigenvalue weighted by molar-refractivity contribution is 0.0342. The molecule has 2 aliphatic rings. The zero-order valence-electron chi connectivity index (χ0n) is 21.3. The zero-order valence-corrected chi connectivity index (χ0v) is 21.3. The summed E-state index contributed by atoms with van der Waals surface area (Å²) in [4.78, 5) is 7.33. The Morgan fingerprint density at radius 3 is 2.06 bits per heavy atom. The molecule has 2 saturated heterocycles. The third-order valence-electron chi connectivity index (χ3n) is 6.98. The monoisotopic (exact) mass is 487 g/mol. The Labute approximate surface area is 215 Å². The number of hydrogen-bond donors (Lipinski definition) is 0. The molecule has 2 aliphatic heterocycles. The SMILES string of the molecule is COc1cccc(CN(Cc2cccc(N3CCOCC3)c2)c2ccc(CN3CCOCC3)cc2)c1. The highest BCUT2D eigenvalue weighted by Crippen LogP contribution is 2.25. The van der Waals surface area contributed by atoms with E-state index in [1.165, 1.54) is 28.1 Å². The summed E-state index contributed by atoms with van der Waals surface area (Å²) in [5.41, 5.74) is 6.38. The quantitative estimate of drug-likeness (QED) is 0.440. The molecule has 0 unspecified atom stereocenters. The maximum absolute atomic E-state index is 5.55. The predicted molar refractivity (Wildman–Crippen MR) is 145 cm³/mol. The van der Waals surface area contributed by atoms with E-state index in [2.05, 4.69) is 81.4 Å². The first-order valence-corrected chi connectivity index (χ1v) is 13.0. The molecule has 3 aromatic carbocycles. The van der Waals surface area contributed by atoms with Crippen LogP contribution >= 0.6 is 0 Å². The van der Waals surface area contributed by atoms with Gasteiger partial charge in [0, 0.05) is 57.2 Å². The average molecular weight is 488 g/mol. The number of nitrogens with zero attached hydrogens (tertiary/aromatic N) is 3. The Hall–Kier alpha value is -3.06. The van der Waals surface area contributed by atoms with Gasteiger partial charge in [-0.3, -0.25) is 4.90 Å². The van der Waals surface area contributed by atoms with Gasteiger partial charge in [0.25, 0.3) is 0 Å². The first-order valence-electron chi connectivity index (χ1n) is 13.0. The highest BCUT2D eigenvalue weighted by Gasteiger charge is 2.15. The topological polar surface area (TPSA) is 37.4 Å². The summed E-state index contributed by atoms with van der Waals surface area (Å²) in [6.07, 6.45) is 0. The van der Waals surface area contributed by atoms with Crippen molar-refractivity contribution in [2.45, 2.75) is 19.6 Å². The number of morpholine rings is 2. The van der Waals surface area contributed by atoms with Crippen LogP contribution in [0.15, 0.2) is 72.8 Å². The number of methoxy groups -OCH3 is 1. The molecule has 6 heteroatoms. The second kappa shape index (κ2) is 12.3. The number of anilines is 2. The van der Waals surface area contributed by atoms with Crippen LogP contribution in [-0.4, -0.2) is 64.6 Å². The van der Waals surface area contributed by atoms with Gasteiger partial charge in [0.05, 0.1) is 33.5 Å². The average Bonchev–Trinajstić information content (AvgIpc) is 2.94. The molecule has 0 bridgehead atoms. The second-order valence-corrected chi connectivity index (χ2v) is 9.53. The van der Waals surface area contributed by atoms with Gasteiger partial charge in [0.15, 0.2) is 0 Å². The molecule has 0 aliphatic carbocycles. The molecular formula is C30H37N3O3. The lowest BCUT2D eigenvalue weighted by Crippen LogP contribution is -2.36. The smallest absolute Gasteiger partial charge is 0.119 e. The maximum Gasteiger partial charge on any atom is 0.119 e. The fourth-order valence-corrected chi connectivity index (χ4v) is 4.95. The molecular weight excluding hydrogens is 450 g/mol. The van der Waals surface area contributed by atoms with Crippen LogP contribution in [0.5, 0.6) is 5.75 Å². The Balaban J connectivity index is 1.35. The van der Waals surface area contributed by atoms with Gasteiger partial charge < -0.3 is 24.0 Å². The lowest BCUT2D eigenvalue weighted by atomic mass is 10.1. The van der Waals surface area contributed by atoms with Crippen LogP contribution in [0.2, 0.25) is 0 Å². The first kappa shape index (κ1) is 24.6. The van der Waals surface area contributed by atoms with Crippen molar-refractivity contribution in [1.82, 2.24) is 4.90 Å². The highest BCUT2D eigenvalue weighted by atomic mass is 16.5. The van der Waals surface area contributed by atoms with Crippen molar-refractivity contribution in [2.75, 3.05) is 69.5 Å². The van der Waals surface area contributed by atoms with Crippen LogP contribution in [0.3, 0.4) is 0 Å². The van der Waals surface area contributed by atoms with E-state index in [1.807, 2.05) is 6.07 Å². The van der Waals surface area contributed by atoms with E-state index >= 15 is 0 Å². The van der Waals surface area contributed by atoms with Crippen LogP contribution < -0.4 is 14.5 Å². The molecule has 0 amide bonds. The van der Waals surface area contributed by atoms with Gasteiger partial charge in [0.1, 0.15) is 5.75 Å². The van der Waals surface area contributed by atoms with Crippen LogP contribution in [0.25, 0.3) is 0 Å². The summed E-state index contributed by atoms with van der Waals surface area (Å²) in [5.74, 6) is 0.891. The van der Waals surface area contributed by atoms with Gasteiger partial charge in [-0.25, -0.2) is 0 Å². The molecule has 0 spiro atoms. The molecule has 2 heterocycles.